The number of thiazole rings is 1. The number of halogens is 1. The molecule has 2 atom stereocenters. The molecule has 0 aliphatic carbocycles. The smallest absolute Gasteiger partial charge is 0.239 e. The van der Waals surface area contributed by atoms with Crippen molar-refractivity contribution in [3.05, 3.63) is 62.4 Å². The van der Waals surface area contributed by atoms with Crippen LogP contribution in [0.15, 0.2) is 56.4 Å². The Balaban J connectivity index is 1.63. The first kappa shape index (κ1) is 19.5. The number of nitrogens with one attached hydrogen (secondary N) is 2. The monoisotopic (exact) mass is 500 g/mol. The Morgan fingerprint density at radius 2 is 2.17 bits per heavy atom. The summed E-state index contributed by atoms with van der Waals surface area (Å²) in [5.74, 6) is -0.517. The predicted octanol–water partition coefficient (Wildman–Crippen LogP) is 5.38. The topological polar surface area (TPSA) is 82.2 Å². The molecule has 30 heavy (non-hydrogen) atoms. The number of fused-ring (bicyclic) bond motifs is 1. The van der Waals surface area contributed by atoms with Gasteiger partial charge in [0.2, 0.25) is 5.91 Å². The predicted molar refractivity (Wildman–Crippen MR) is 123 cm³/mol. The SMILES string of the molecule is CN1C(=N)N[C@](C)(c2cc(-c3ncc(Br)s3)cs2)[C@H](c2ccc3occc3c2)C1=O. The molecule has 1 amide bonds. The van der Waals surface area contributed by atoms with Gasteiger partial charge in [-0.25, -0.2) is 4.98 Å². The molecule has 4 aromatic rings. The lowest BCUT2D eigenvalue weighted by Gasteiger charge is -2.45. The van der Waals surface area contributed by atoms with Gasteiger partial charge in [-0.15, -0.1) is 22.7 Å². The number of aromatic nitrogens is 1. The fraction of sp³-hybridized carbons (Fsp3) is 0.190. The summed E-state index contributed by atoms with van der Waals surface area (Å²) in [7, 11) is 1.63. The maximum Gasteiger partial charge on any atom is 0.239 e. The van der Waals surface area contributed by atoms with E-state index in [0.717, 1.165) is 35.8 Å². The molecule has 6 nitrogen and oxygen atoms in total. The number of benzene rings is 1. The highest BCUT2D eigenvalue weighted by Crippen LogP contribution is 2.45. The summed E-state index contributed by atoms with van der Waals surface area (Å²) in [6.45, 7) is 1.99. The second kappa shape index (κ2) is 7.04. The summed E-state index contributed by atoms with van der Waals surface area (Å²) in [6.07, 6.45) is 3.43. The highest BCUT2D eigenvalue weighted by Gasteiger charge is 2.49. The van der Waals surface area contributed by atoms with Crippen LogP contribution in [0.5, 0.6) is 0 Å². The first-order valence-electron chi connectivity index (χ1n) is 9.19. The molecule has 152 valence electrons. The zero-order chi connectivity index (χ0) is 21.0. The molecule has 1 saturated heterocycles. The van der Waals surface area contributed by atoms with E-state index < -0.39 is 11.5 Å². The number of amides is 1. The van der Waals surface area contributed by atoms with Crippen molar-refractivity contribution in [2.75, 3.05) is 7.05 Å². The van der Waals surface area contributed by atoms with Gasteiger partial charge in [-0.1, -0.05) is 6.07 Å². The van der Waals surface area contributed by atoms with Crippen molar-refractivity contribution in [1.29, 1.82) is 5.41 Å². The number of guanidine groups is 1. The lowest BCUT2D eigenvalue weighted by Crippen LogP contribution is -2.62. The Morgan fingerprint density at radius 3 is 2.93 bits per heavy atom. The zero-order valence-electron chi connectivity index (χ0n) is 16.1. The second-order valence-corrected chi connectivity index (χ2v) is 10.7. The van der Waals surface area contributed by atoms with Crippen molar-refractivity contribution >= 4 is 61.4 Å². The van der Waals surface area contributed by atoms with E-state index in [-0.39, 0.29) is 11.9 Å². The van der Waals surface area contributed by atoms with Gasteiger partial charge >= 0.3 is 0 Å². The minimum atomic E-state index is -0.768. The first-order valence-corrected chi connectivity index (χ1v) is 11.7. The first-order chi connectivity index (χ1) is 14.4. The van der Waals surface area contributed by atoms with Crippen LogP contribution >= 0.6 is 38.6 Å². The molecule has 9 heteroatoms. The molecule has 0 radical (unpaired) electrons. The van der Waals surface area contributed by atoms with Gasteiger partial charge in [-0.2, -0.15) is 0 Å². The van der Waals surface area contributed by atoms with Crippen molar-refractivity contribution in [2.24, 2.45) is 0 Å². The molecule has 2 N–H and O–H groups in total. The van der Waals surface area contributed by atoms with Gasteiger partial charge in [0, 0.05) is 28.3 Å². The maximum absolute atomic E-state index is 13.4. The number of nitrogens with zero attached hydrogens (tertiary/aromatic N) is 2. The number of carbonyl (C=O) groups is 1. The van der Waals surface area contributed by atoms with E-state index in [4.69, 9.17) is 9.83 Å². The van der Waals surface area contributed by atoms with E-state index in [1.807, 2.05) is 31.2 Å². The van der Waals surface area contributed by atoms with E-state index in [1.54, 1.807) is 42.2 Å². The highest BCUT2D eigenvalue weighted by atomic mass is 79.9. The van der Waals surface area contributed by atoms with Crippen molar-refractivity contribution in [1.82, 2.24) is 15.2 Å². The zero-order valence-corrected chi connectivity index (χ0v) is 19.3. The average Bonchev–Trinajstić information content (AvgIpc) is 3.46. The molecule has 4 heterocycles. The number of carbonyl (C=O) groups excluding carboxylic acids is 1. The van der Waals surface area contributed by atoms with Crippen molar-refractivity contribution < 1.29 is 9.21 Å². The van der Waals surface area contributed by atoms with Gasteiger partial charge in [0.1, 0.15) is 10.6 Å². The summed E-state index contributed by atoms with van der Waals surface area (Å²) in [4.78, 5) is 20.2. The maximum atomic E-state index is 13.4. The molecule has 0 unspecified atom stereocenters. The van der Waals surface area contributed by atoms with Gasteiger partial charge in [-0.3, -0.25) is 15.1 Å². The average molecular weight is 501 g/mol. The Bertz CT molecular complexity index is 1290. The Hall–Kier alpha value is -2.49. The Labute approximate surface area is 189 Å². The number of hydrogen-bond acceptors (Lipinski definition) is 6. The molecule has 1 fully saturated rings. The number of likely N-dealkylation sites (N-methyl/N-ethyl adjacent to an activating group) is 1. The van der Waals surface area contributed by atoms with Crippen LogP contribution in [0.2, 0.25) is 0 Å². The summed E-state index contributed by atoms with van der Waals surface area (Å²) in [5.41, 5.74) is 1.91. The van der Waals surface area contributed by atoms with Crippen LogP contribution in [0.3, 0.4) is 0 Å². The summed E-state index contributed by atoms with van der Waals surface area (Å²) >= 11 is 6.60. The van der Waals surface area contributed by atoms with Crippen LogP contribution in [0.4, 0.5) is 0 Å². The van der Waals surface area contributed by atoms with Gasteiger partial charge in [0.05, 0.1) is 27.7 Å². The van der Waals surface area contributed by atoms with Gasteiger partial charge in [-0.05, 0) is 52.7 Å². The molecule has 3 aromatic heterocycles. The fourth-order valence-electron chi connectivity index (χ4n) is 3.91. The van der Waals surface area contributed by atoms with Gasteiger partial charge in [0.15, 0.2) is 5.96 Å². The van der Waals surface area contributed by atoms with E-state index in [9.17, 15) is 4.79 Å². The van der Waals surface area contributed by atoms with Crippen LogP contribution in [-0.2, 0) is 10.3 Å². The highest BCUT2D eigenvalue weighted by molar-refractivity contribution is 9.11. The minimum Gasteiger partial charge on any atom is -0.464 e. The molecular weight excluding hydrogens is 484 g/mol. The van der Waals surface area contributed by atoms with E-state index in [0.29, 0.717) is 0 Å². The van der Waals surface area contributed by atoms with Crippen LogP contribution in [0, 0.1) is 5.41 Å². The molecule has 0 spiro atoms. The molecule has 0 saturated carbocycles. The number of thiophene rings is 1. The van der Waals surface area contributed by atoms with Gasteiger partial charge < -0.3 is 9.73 Å². The Morgan fingerprint density at radius 1 is 1.33 bits per heavy atom. The summed E-state index contributed by atoms with van der Waals surface area (Å²) < 4.78 is 6.43. The molecule has 1 aliphatic heterocycles. The number of rotatable bonds is 3. The Kier molecular flexibility index (Phi) is 4.57. The van der Waals surface area contributed by atoms with Crippen LogP contribution < -0.4 is 5.32 Å². The third-order valence-electron chi connectivity index (χ3n) is 5.51. The second-order valence-electron chi connectivity index (χ2n) is 7.39. The fourth-order valence-corrected chi connectivity index (χ4v) is 6.22. The minimum absolute atomic E-state index is 0.0927. The quantitative estimate of drug-likeness (QED) is 0.395. The number of hydrogen-bond donors (Lipinski definition) is 2. The molecular formula is C21H17BrN4O2S2. The van der Waals surface area contributed by atoms with Crippen molar-refractivity contribution in [3.63, 3.8) is 0 Å². The van der Waals surface area contributed by atoms with Crippen LogP contribution in [0.1, 0.15) is 23.3 Å². The van der Waals surface area contributed by atoms with Crippen molar-refractivity contribution in [2.45, 2.75) is 18.4 Å². The molecule has 0 bridgehead atoms. The molecule has 1 aromatic carbocycles. The third kappa shape index (κ3) is 3.00. The van der Waals surface area contributed by atoms with Crippen LogP contribution in [0.25, 0.3) is 21.5 Å². The lowest BCUT2D eigenvalue weighted by molar-refractivity contribution is -0.131. The van der Waals surface area contributed by atoms with E-state index in [2.05, 4.69) is 37.7 Å². The lowest BCUT2D eigenvalue weighted by atomic mass is 9.76. The third-order valence-corrected chi connectivity index (χ3v) is 8.21. The number of furan rings is 1. The van der Waals surface area contributed by atoms with E-state index >= 15 is 0 Å². The summed E-state index contributed by atoms with van der Waals surface area (Å²) in [6, 6.07) is 9.79. The molecule has 1 aliphatic rings. The summed E-state index contributed by atoms with van der Waals surface area (Å²) in [5, 5.41) is 15.5. The molecule has 5 rings (SSSR count). The van der Waals surface area contributed by atoms with E-state index in [1.165, 1.54) is 4.90 Å². The van der Waals surface area contributed by atoms with Crippen LogP contribution in [-0.4, -0.2) is 28.8 Å². The normalized spacial score (nSPS) is 22.0. The van der Waals surface area contributed by atoms with Gasteiger partial charge in [0.25, 0.3) is 0 Å². The van der Waals surface area contributed by atoms with Crippen molar-refractivity contribution in [3.8, 4) is 10.6 Å². The largest absolute Gasteiger partial charge is 0.464 e. The standard InChI is InChI=1S/C21H17BrN4O2S2/c1-21(15-8-13(10-29-15)18-24-9-16(22)30-18)17(19(27)26(2)20(23)25-21)12-3-4-14-11(7-12)5-6-28-14/h3-10,17H,1-2H3,(H2,23,25)/t17-,21-/m1/s1.